The lowest BCUT2D eigenvalue weighted by Crippen LogP contribution is -2.42. The number of hydrogen-bond donors (Lipinski definition) is 2. The number of hydrogen-bond acceptors (Lipinski definition) is 4. The minimum atomic E-state index is -3.79. The van der Waals surface area contributed by atoms with Crippen LogP contribution in [0, 0.1) is 5.92 Å². The van der Waals surface area contributed by atoms with Crippen LogP contribution >= 0.6 is 0 Å². The normalized spacial score (nSPS) is 13.3. The van der Waals surface area contributed by atoms with E-state index in [1.165, 1.54) is 0 Å². The molecule has 0 saturated carbocycles. The number of aliphatic carboxylic acids is 1. The van der Waals surface area contributed by atoms with Crippen LogP contribution in [0.2, 0.25) is 0 Å². The van der Waals surface area contributed by atoms with Crippen LogP contribution in [0.3, 0.4) is 0 Å². The van der Waals surface area contributed by atoms with Crippen LogP contribution in [0.1, 0.15) is 25.8 Å². The van der Waals surface area contributed by atoms with Gasteiger partial charge in [0.25, 0.3) is 0 Å². The van der Waals surface area contributed by atoms with Gasteiger partial charge in [0.2, 0.25) is 10.0 Å². The maximum Gasteiger partial charge on any atom is 0.321 e. The molecule has 0 saturated heterocycles. The molecule has 0 fully saturated rings. The van der Waals surface area contributed by atoms with E-state index in [-0.39, 0.29) is 18.1 Å². The van der Waals surface area contributed by atoms with Crippen molar-refractivity contribution >= 4 is 26.9 Å². The van der Waals surface area contributed by atoms with E-state index in [9.17, 15) is 18.3 Å². The lowest BCUT2D eigenvalue weighted by molar-refractivity contribution is -0.139. The van der Waals surface area contributed by atoms with Gasteiger partial charge in [-0.05, 0) is 24.0 Å². The zero-order valence-corrected chi connectivity index (χ0v) is 13.9. The molecule has 1 atom stereocenters. The summed E-state index contributed by atoms with van der Waals surface area (Å²) < 4.78 is 27.0. The van der Waals surface area contributed by atoms with Gasteiger partial charge in [-0.2, -0.15) is 0 Å². The highest BCUT2D eigenvalue weighted by molar-refractivity contribution is 7.88. The quantitative estimate of drug-likeness (QED) is 0.807. The van der Waals surface area contributed by atoms with Gasteiger partial charge in [-0.25, -0.2) is 13.1 Å². The largest absolute Gasteiger partial charge is 0.480 e. The van der Waals surface area contributed by atoms with Crippen LogP contribution in [-0.2, 0) is 20.6 Å². The van der Waals surface area contributed by atoms with Crippen molar-refractivity contribution < 1.29 is 18.3 Å². The molecule has 2 aromatic rings. The number of nitrogens with one attached hydrogen (secondary N) is 1. The molecule has 0 aliphatic heterocycles. The molecule has 0 bridgehead atoms. The van der Waals surface area contributed by atoms with Crippen molar-refractivity contribution in [1.29, 1.82) is 0 Å². The van der Waals surface area contributed by atoms with Gasteiger partial charge in [-0.15, -0.1) is 0 Å². The van der Waals surface area contributed by atoms with Crippen LogP contribution in [0.4, 0.5) is 0 Å². The second-order valence-corrected chi connectivity index (χ2v) is 7.64. The molecule has 1 aromatic carbocycles. The smallest absolute Gasteiger partial charge is 0.321 e. The highest BCUT2D eigenvalue weighted by Gasteiger charge is 2.25. The number of para-hydroxylation sites is 1. The Hall–Kier alpha value is -1.99. The topological polar surface area (TPSA) is 96.4 Å². The zero-order chi connectivity index (χ0) is 17.0. The molecule has 0 aliphatic carbocycles. The lowest BCUT2D eigenvalue weighted by Gasteiger charge is -2.17. The second kappa shape index (κ2) is 7.06. The molecular formula is C16H20N2O4S. The number of sulfonamides is 1. The third-order valence-corrected chi connectivity index (χ3v) is 4.72. The maximum atomic E-state index is 12.3. The summed E-state index contributed by atoms with van der Waals surface area (Å²) in [6.07, 6.45) is 1.84. The molecule has 0 spiro atoms. The summed E-state index contributed by atoms with van der Waals surface area (Å²) in [6, 6.07) is 7.81. The summed E-state index contributed by atoms with van der Waals surface area (Å²) in [5.74, 6) is -1.40. The standard InChI is InChI=1S/C16H20N2O4S/c1-11(2)9-14(16(19)20)18-23(21,22)10-13-6-3-5-12-7-4-8-17-15(12)13/h3-8,11,14,18H,9-10H2,1-2H3,(H,19,20)/t14-/m0/s1. The molecule has 2 rings (SSSR count). The number of rotatable bonds is 7. The van der Waals surface area contributed by atoms with Crippen LogP contribution < -0.4 is 4.72 Å². The summed E-state index contributed by atoms with van der Waals surface area (Å²) in [7, 11) is -3.79. The fourth-order valence-corrected chi connectivity index (χ4v) is 3.77. The summed E-state index contributed by atoms with van der Waals surface area (Å²) in [6.45, 7) is 3.69. The van der Waals surface area contributed by atoms with Crippen molar-refractivity contribution in [2.24, 2.45) is 5.92 Å². The second-order valence-electron chi connectivity index (χ2n) is 5.89. The summed E-state index contributed by atoms with van der Waals surface area (Å²) in [4.78, 5) is 15.5. The Morgan fingerprint density at radius 1 is 1.26 bits per heavy atom. The van der Waals surface area contributed by atoms with Crippen LogP contribution in [0.25, 0.3) is 10.9 Å². The number of carboxylic acids is 1. The van der Waals surface area contributed by atoms with Crippen molar-refractivity contribution in [2.45, 2.75) is 32.1 Å². The summed E-state index contributed by atoms with van der Waals surface area (Å²) >= 11 is 0. The number of fused-ring (bicyclic) bond motifs is 1. The average molecular weight is 336 g/mol. The molecule has 1 heterocycles. The van der Waals surface area contributed by atoms with Gasteiger partial charge in [0.05, 0.1) is 11.3 Å². The van der Waals surface area contributed by atoms with Gasteiger partial charge < -0.3 is 5.11 Å². The minimum Gasteiger partial charge on any atom is -0.480 e. The Morgan fingerprint density at radius 2 is 1.96 bits per heavy atom. The predicted molar refractivity (Wildman–Crippen MR) is 88.4 cm³/mol. The first-order valence-corrected chi connectivity index (χ1v) is 8.99. The zero-order valence-electron chi connectivity index (χ0n) is 13.1. The van der Waals surface area contributed by atoms with Crippen LogP contribution in [0.5, 0.6) is 0 Å². The monoisotopic (exact) mass is 336 g/mol. The van der Waals surface area contributed by atoms with E-state index in [2.05, 4.69) is 9.71 Å². The third-order valence-electron chi connectivity index (χ3n) is 3.39. The average Bonchev–Trinajstić information content (AvgIpc) is 2.46. The van der Waals surface area contributed by atoms with Gasteiger partial charge >= 0.3 is 5.97 Å². The van der Waals surface area contributed by atoms with Gasteiger partial charge in [0.15, 0.2) is 0 Å². The highest BCUT2D eigenvalue weighted by atomic mass is 32.2. The maximum absolute atomic E-state index is 12.3. The molecule has 124 valence electrons. The molecular weight excluding hydrogens is 316 g/mol. The predicted octanol–water partition coefficient (Wildman–Crippen LogP) is 2.15. The number of aromatic nitrogens is 1. The molecule has 0 amide bonds. The van der Waals surface area contributed by atoms with E-state index in [0.717, 1.165) is 5.39 Å². The van der Waals surface area contributed by atoms with E-state index in [1.807, 2.05) is 26.0 Å². The van der Waals surface area contributed by atoms with E-state index in [0.29, 0.717) is 11.1 Å². The molecule has 0 aliphatic rings. The molecule has 6 nitrogen and oxygen atoms in total. The number of nitrogens with zero attached hydrogens (tertiary/aromatic N) is 1. The molecule has 7 heteroatoms. The van der Waals surface area contributed by atoms with Crippen molar-refractivity contribution in [3.8, 4) is 0 Å². The van der Waals surface area contributed by atoms with Crippen LogP contribution in [-0.4, -0.2) is 30.5 Å². The highest BCUT2D eigenvalue weighted by Crippen LogP contribution is 2.18. The van der Waals surface area contributed by atoms with Crippen molar-refractivity contribution in [2.75, 3.05) is 0 Å². The number of pyridine rings is 1. The lowest BCUT2D eigenvalue weighted by atomic mass is 10.1. The van der Waals surface area contributed by atoms with Gasteiger partial charge in [0, 0.05) is 11.6 Å². The van der Waals surface area contributed by atoms with Gasteiger partial charge in [-0.1, -0.05) is 38.1 Å². The van der Waals surface area contributed by atoms with E-state index >= 15 is 0 Å². The Balaban J connectivity index is 2.24. The summed E-state index contributed by atoms with van der Waals surface area (Å²) in [5.41, 5.74) is 1.15. The molecule has 1 aromatic heterocycles. The van der Waals surface area contributed by atoms with Gasteiger partial charge in [0.1, 0.15) is 6.04 Å². The first-order valence-electron chi connectivity index (χ1n) is 7.34. The number of benzene rings is 1. The first-order chi connectivity index (χ1) is 10.8. The fourth-order valence-electron chi connectivity index (χ4n) is 2.42. The van der Waals surface area contributed by atoms with E-state index in [1.54, 1.807) is 24.4 Å². The van der Waals surface area contributed by atoms with Crippen molar-refractivity contribution in [3.05, 3.63) is 42.1 Å². The Kier molecular flexibility index (Phi) is 5.33. The van der Waals surface area contributed by atoms with Crippen molar-refractivity contribution in [1.82, 2.24) is 9.71 Å². The Bertz CT molecular complexity index is 797. The fraction of sp³-hybridized carbons (Fsp3) is 0.375. The first kappa shape index (κ1) is 17.4. The Morgan fingerprint density at radius 3 is 2.61 bits per heavy atom. The van der Waals surface area contributed by atoms with Crippen LogP contribution in [0.15, 0.2) is 36.5 Å². The van der Waals surface area contributed by atoms with Gasteiger partial charge in [-0.3, -0.25) is 9.78 Å². The molecule has 0 radical (unpaired) electrons. The van der Waals surface area contributed by atoms with E-state index < -0.39 is 22.0 Å². The third kappa shape index (κ3) is 4.74. The number of carboxylic acid groups (broad SMARTS) is 1. The van der Waals surface area contributed by atoms with Crippen molar-refractivity contribution in [3.63, 3.8) is 0 Å². The number of carbonyl (C=O) groups is 1. The minimum absolute atomic E-state index is 0.0676. The SMILES string of the molecule is CC(C)C[C@H](NS(=O)(=O)Cc1cccc2cccnc12)C(=O)O. The molecule has 2 N–H and O–H groups in total. The summed E-state index contributed by atoms with van der Waals surface area (Å²) in [5, 5.41) is 10.0. The Labute approximate surface area is 135 Å². The molecule has 0 unspecified atom stereocenters. The van der Waals surface area contributed by atoms with E-state index in [4.69, 9.17) is 0 Å². The molecule has 23 heavy (non-hydrogen) atoms.